The zero-order chi connectivity index (χ0) is 32.8. The summed E-state index contributed by atoms with van der Waals surface area (Å²) in [6.07, 6.45) is 12.8. The number of hydrogen-bond acceptors (Lipinski definition) is 12. The van der Waals surface area contributed by atoms with Crippen LogP contribution >= 0.6 is 89.6 Å². The van der Waals surface area contributed by atoms with Crippen molar-refractivity contribution in [3.8, 4) is 0 Å². The van der Waals surface area contributed by atoms with Gasteiger partial charge in [-0.15, -0.1) is 74.4 Å². The maximum atomic E-state index is 13.3. The van der Waals surface area contributed by atoms with Crippen LogP contribution in [0.15, 0.2) is 0 Å². The molecule has 314 valence electrons. The SMILES string of the molecule is CCCCOP(=O)(CCN(CCN)CCN)OCCCCCCCCCCOP(=O)(CCN(CCN)CCN)OCCCC.Cl.Cl.Cl.Cl.Cl.Cl. The lowest BCUT2D eigenvalue weighted by atomic mass is 10.1. The number of hydrogen-bond donors (Lipinski definition) is 4. The van der Waals surface area contributed by atoms with Gasteiger partial charge >= 0.3 is 15.2 Å². The number of nitrogens with zero attached hydrogens (tertiary/aromatic N) is 2. The summed E-state index contributed by atoms with van der Waals surface area (Å²) in [5.41, 5.74) is 22.8. The predicted molar refractivity (Wildman–Crippen MR) is 228 cm³/mol. The number of rotatable bonds is 35. The first-order valence-electron chi connectivity index (χ1n) is 17.3. The lowest BCUT2D eigenvalue weighted by Gasteiger charge is -2.24. The molecule has 0 rings (SSSR count). The summed E-state index contributed by atoms with van der Waals surface area (Å²) in [6.45, 7) is 12.2. The Morgan fingerprint density at radius 2 is 0.640 bits per heavy atom. The summed E-state index contributed by atoms with van der Waals surface area (Å²) in [6, 6.07) is 0. The van der Waals surface area contributed by atoms with Gasteiger partial charge in [0.2, 0.25) is 0 Å². The van der Waals surface area contributed by atoms with Crippen molar-refractivity contribution in [2.45, 2.75) is 90.9 Å². The second-order valence-electron chi connectivity index (χ2n) is 11.4. The van der Waals surface area contributed by atoms with E-state index in [-0.39, 0.29) is 74.4 Å². The molecule has 12 nitrogen and oxygen atoms in total. The third-order valence-electron chi connectivity index (χ3n) is 7.35. The molecule has 0 aliphatic rings. The third-order valence-corrected chi connectivity index (χ3v) is 11.1. The fraction of sp³-hybridized carbons (Fsp3) is 1.00. The van der Waals surface area contributed by atoms with Crippen LogP contribution in [0.1, 0.15) is 90.9 Å². The highest BCUT2D eigenvalue weighted by Gasteiger charge is 2.26. The van der Waals surface area contributed by atoms with E-state index in [1.807, 2.05) is 0 Å². The Balaban J connectivity index is -0.000000616. The highest BCUT2D eigenvalue weighted by atomic mass is 35.5. The van der Waals surface area contributed by atoms with Gasteiger partial charge in [0.25, 0.3) is 0 Å². The Bertz CT molecular complexity index is 684. The minimum atomic E-state index is -3.14. The molecule has 0 aliphatic heterocycles. The molecule has 2 unspecified atom stereocenters. The van der Waals surface area contributed by atoms with Crippen molar-refractivity contribution in [1.29, 1.82) is 0 Å². The van der Waals surface area contributed by atoms with Gasteiger partial charge < -0.3 is 50.8 Å². The van der Waals surface area contributed by atoms with E-state index in [1.165, 1.54) is 0 Å². The molecule has 0 aromatic rings. The van der Waals surface area contributed by atoms with Gasteiger partial charge in [-0.3, -0.25) is 9.13 Å². The summed E-state index contributed by atoms with van der Waals surface area (Å²) in [4.78, 5) is 4.24. The molecule has 0 heterocycles. The molecule has 50 heavy (non-hydrogen) atoms. The van der Waals surface area contributed by atoms with Gasteiger partial charge in [-0.1, -0.05) is 65.2 Å². The zero-order valence-electron chi connectivity index (χ0n) is 30.8. The van der Waals surface area contributed by atoms with Gasteiger partial charge in [0.1, 0.15) is 0 Å². The van der Waals surface area contributed by atoms with Crippen LogP contribution in [0.25, 0.3) is 0 Å². The van der Waals surface area contributed by atoms with Gasteiger partial charge in [-0.25, -0.2) is 0 Å². The minimum absolute atomic E-state index is 0. The first-order chi connectivity index (χ1) is 21.3. The van der Waals surface area contributed by atoms with Crippen LogP contribution in [-0.4, -0.2) is 114 Å². The normalized spacial score (nSPS) is 13.0. The monoisotopic (exact) mass is 888 g/mol. The highest BCUT2D eigenvalue weighted by Crippen LogP contribution is 2.49. The smallest absolute Gasteiger partial charge is 0.329 e. The van der Waals surface area contributed by atoms with Gasteiger partial charge in [-0.2, -0.15) is 0 Å². The molecule has 0 saturated heterocycles. The molecule has 0 radical (unpaired) electrons. The molecule has 2 atom stereocenters. The van der Waals surface area contributed by atoms with Crippen LogP contribution in [0.5, 0.6) is 0 Å². The van der Waals surface area contributed by atoms with Crippen molar-refractivity contribution in [2.24, 2.45) is 22.9 Å². The van der Waals surface area contributed by atoms with E-state index in [9.17, 15) is 9.13 Å². The van der Waals surface area contributed by atoms with Crippen LogP contribution < -0.4 is 22.9 Å². The zero-order valence-corrected chi connectivity index (χ0v) is 37.5. The Morgan fingerprint density at radius 1 is 0.400 bits per heavy atom. The summed E-state index contributed by atoms with van der Waals surface area (Å²) in [7, 11) is -6.28. The molecule has 20 heteroatoms. The Labute approximate surface area is 343 Å². The number of nitrogens with two attached hydrogens (primary N) is 4. The summed E-state index contributed by atoms with van der Waals surface area (Å²) < 4.78 is 49.9. The largest absolute Gasteiger partial charge is 0.331 e. The fourth-order valence-corrected chi connectivity index (χ4v) is 7.98. The van der Waals surface area contributed by atoms with Crippen LogP contribution in [0.4, 0.5) is 0 Å². The lowest BCUT2D eigenvalue weighted by Crippen LogP contribution is -2.36. The average Bonchev–Trinajstić information content (AvgIpc) is 3.00. The lowest BCUT2D eigenvalue weighted by molar-refractivity contribution is 0.192. The van der Waals surface area contributed by atoms with E-state index in [2.05, 4.69) is 23.6 Å². The average molecular weight is 892 g/mol. The van der Waals surface area contributed by atoms with Gasteiger partial charge in [0, 0.05) is 65.4 Å². The number of unbranched alkanes of at least 4 members (excludes halogenated alkanes) is 9. The maximum Gasteiger partial charge on any atom is 0.331 e. The molecule has 0 saturated carbocycles. The molecule has 0 aromatic heterocycles. The first-order valence-corrected chi connectivity index (χ1v) is 20.8. The second-order valence-corrected chi connectivity index (χ2v) is 15.7. The maximum absolute atomic E-state index is 13.3. The van der Waals surface area contributed by atoms with Crippen LogP contribution in [0.3, 0.4) is 0 Å². The quantitative estimate of drug-likeness (QED) is 0.0374. The Kier molecular flexibility index (Phi) is 62.5. The Hall–Kier alpha value is 1.80. The van der Waals surface area contributed by atoms with E-state index in [0.717, 1.165) is 103 Å². The fourth-order valence-electron chi connectivity index (χ4n) is 4.63. The van der Waals surface area contributed by atoms with Crippen LogP contribution in [0.2, 0.25) is 0 Å². The molecular formula is C30H76Cl6N6O6P2. The van der Waals surface area contributed by atoms with E-state index in [4.69, 9.17) is 41.0 Å². The second kappa shape index (κ2) is 47.0. The topological polar surface area (TPSA) is 182 Å². The summed E-state index contributed by atoms with van der Waals surface area (Å²) in [5, 5.41) is 0. The molecule has 0 amide bonds. The van der Waals surface area contributed by atoms with Crippen molar-refractivity contribution in [1.82, 2.24) is 9.80 Å². The van der Waals surface area contributed by atoms with Crippen LogP contribution in [0, 0.1) is 0 Å². The molecular weight excluding hydrogens is 815 g/mol. The molecule has 0 spiro atoms. The third kappa shape index (κ3) is 39.5. The summed E-state index contributed by atoms with van der Waals surface area (Å²) in [5.74, 6) is 0. The highest BCUT2D eigenvalue weighted by molar-refractivity contribution is 7.54. The van der Waals surface area contributed by atoms with Gasteiger partial charge in [-0.05, 0) is 25.7 Å². The summed E-state index contributed by atoms with van der Waals surface area (Å²) >= 11 is 0. The molecule has 0 bridgehead atoms. The molecule has 0 aliphatic carbocycles. The van der Waals surface area contributed by atoms with E-state index in [1.54, 1.807) is 0 Å². The van der Waals surface area contributed by atoms with Crippen molar-refractivity contribution >= 4 is 89.6 Å². The van der Waals surface area contributed by atoms with E-state index in [0.29, 0.717) is 78.0 Å². The number of halogens is 6. The van der Waals surface area contributed by atoms with Crippen molar-refractivity contribution in [3.63, 3.8) is 0 Å². The Morgan fingerprint density at radius 3 is 0.880 bits per heavy atom. The van der Waals surface area contributed by atoms with Gasteiger partial charge in [0.05, 0.1) is 38.8 Å². The molecule has 0 fully saturated rings. The van der Waals surface area contributed by atoms with Crippen LogP contribution in [-0.2, 0) is 27.2 Å². The van der Waals surface area contributed by atoms with Crippen molar-refractivity contribution < 1.29 is 27.2 Å². The van der Waals surface area contributed by atoms with Gasteiger partial charge in [0.15, 0.2) is 0 Å². The van der Waals surface area contributed by atoms with E-state index < -0.39 is 15.2 Å². The molecule has 8 N–H and O–H groups in total. The van der Waals surface area contributed by atoms with E-state index >= 15 is 0 Å². The van der Waals surface area contributed by atoms with Crippen molar-refractivity contribution in [2.75, 3.05) is 104 Å². The first kappa shape index (κ1) is 66.6. The van der Waals surface area contributed by atoms with Crippen molar-refractivity contribution in [3.05, 3.63) is 0 Å². The predicted octanol–water partition coefficient (Wildman–Crippen LogP) is 7.13. The minimum Gasteiger partial charge on any atom is -0.329 e. The standard InChI is InChI=1S/C30H70N6O6P2.6ClH/c1-3-5-25-39-43(37,29-23-35(19-15-31)20-16-32)41-27-13-11-9-7-8-10-12-14-28-42-44(38,40-26-6-4-2)30-24-36(21-17-33)22-18-34;;;;;;/h3-34H2,1-2H3;6*1H. The molecule has 0 aromatic carbocycles.